The second-order valence-corrected chi connectivity index (χ2v) is 5.85. The molecule has 2 heteroatoms. The zero-order chi connectivity index (χ0) is 13.5. The van der Waals surface area contributed by atoms with E-state index in [4.69, 9.17) is 0 Å². The van der Waals surface area contributed by atoms with Crippen LogP contribution in [0.5, 0.6) is 0 Å². The van der Waals surface area contributed by atoms with Gasteiger partial charge in [0.05, 0.1) is 0 Å². The quantitative estimate of drug-likeness (QED) is 0.514. The van der Waals surface area contributed by atoms with Gasteiger partial charge in [-0.05, 0) is 59.6 Å². The van der Waals surface area contributed by atoms with Crippen molar-refractivity contribution in [3.63, 3.8) is 0 Å². The molecule has 0 saturated carbocycles. The smallest absolute Gasteiger partial charge is 0.129 e. The van der Waals surface area contributed by atoms with Gasteiger partial charge < -0.3 is 5.32 Å². The van der Waals surface area contributed by atoms with Gasteiger partial charge in [0.2, 0.25) is 0 Å². The highest BCUT2D eigenvalue weighted by Crippen LogP contribution is 2.24. The van der Waals surface area contributed by atoms with E-state index in [2.05, 4.69) is 32.7 Å². The molecule has 0 saturated heterocycles. The second-order valence-electron chi connectivity index (χ2n) is 5.85. The van der Waals surface area contributed by atoms with Crippen LogP contribution in [0.25, 0.3) is 0 Å². The second kappa shape index (κ2) is 6.95. The molecule has 0 radical (unpaired) electrons. The van der Waals surface area contributed by atoms with E-state index in [1.54, 1.807) is 12.2 Å². The molecular weight excluding hydrogens is 213 g/mol. The predicted octanol–water partition coefficient (Wildman–Crippen LogP) is 4.41. The molecule has 0 heterocycles. The van der Waals surface area contributed by atoms with Gasteiger partial charge in [0.15, 0.2) is 0 Å². The molecule has 0 aliphatic heterocycles. The number of nitrogens with one attached hydrogen (secondary N) is 1. The molecule has 0 fully saturated rings. The van der Waals surface area contributed by atoms with Crippen LogP contribution in [0.1, 0.15) is 53.9 Å². The lowest BCUT2D eigenvalue weighted by atomic mass is 9.95. The third-order valence-corrected chi connectivity index (χ3v) is 2.68. The standard InChI is InChI=1S/C15H28FN/c1-7-15(16,11-9-13(2)3)10-8-12-17-14(4,5)6/h9,11,17H,2,7-8,10,12H2,1,3-6H3/b11-9+. The molecule has 0 amide bonds. The van der Waals surface area contributed by atoms with Crippen LogP contribution >= 0.6 is 0 Å². The van der Waals surface area contributed by atoms with Gasteiger partial charge in [0, 0.05) is 5.54 Å². The van der Waals surface area contributed by atoms with Gasteiger partial charge in [0.25, 0.3) is 0 Å². The first-order valence-corrected chi connectivity index (χ1v) is 6.47. The molecule has 0 rings (SSSR count). The van der Waals surface area contributed by atoms with Crippen LogP contribution in [0.15, 0.2) is 24.3 Å². The first-order valence-electron chi connectivity index (χ1n) is 6.47. The molecular formula is C15H28FN. The lowest BCUT2D eigenvalue weighted by Crippen LogP contribution is -2.37. The van der Waals surface area contributed by atoms with E-state index >= 15 is 0 Å². The van der Waals surface area contributed by atoms with Crippen LogP contribution in [0.4, 0.5) is 4.39 Å². The molecule has 1 atom stereocenters. The summed E-state index contributed by atoms with van der Waals surface area (Å²) in [6.07, 6.45) is 5.37. The van der Waals surface area contributed by atoms with E-state index in [1.165, 1.54) is 0 Å². The molecule has 0 bridgehead atoms. The SMILES string of the molecule is C=C(C)/C=C/C(F)(CC)CCCNC(C)(C)C. The van der Waals surface area contributed by atoms with Crippen LogP contribution in [0.3, 0.4) is 0 Å². The first kappa shape index (κ1) is 16.4. The summed E-state index contributed by atoms with van der Waals surface area (Å²) in [6, 6.07) is 0. The summed E-state index contributed by atoms with van der Waals surface area (Å²) >= 11 is 0. The third kappa shape index (κ3) is 9.11. The Morgan fingerprint density at radius 2 is 1.94 bits per heavy atom. The van der Waals surface area contributed by atoms with E-state index in [0.29, 0.717) is 12.8 Å². The van der Waals surface area contributed by atoms with Crippen LogP contribution in [0, 0.1) is 0 Å². The summed E-state index contributed by atoms with van der Waals surface area (Å²) in [5, 5.41) is 3.38. The zero-order valence-corrected chi connectivity index (χ0v) is 12.1. The number of halogens is 1. The van der Waals surface area contributed by atoms with Gasteiger partial charge >= 0.3 is 0 Å². The summed E-state index contributed by atoms with van der Waals surface area (Å²) < 4.78 is 14.3. The van der Waals surface area contributed by atoms with E-state index < -0.39 is 5.67 Å². The molecule has 1 nitrogen and oxygen atoms in total. The fourth-order valence-corrected chi connectivity index (χ4v) is 1.52. The Labute approximate surface area is 106 Å². The first-order chi connectivity index (χ1) is 7.68. The largest absolute Gasteiger partial charge is 0.312 e. The van der Waals surface area contributed by atoms with Crippen molar-refractivity contribution in [1.82, 2.24) is 5.32 Å². The van der Waals surface area contributed by atoms with E-state index in [0.717, 1.165) is 18.5 Å². The lowest BCUT2D eigenvalue weighted by molar-refractivity contribution is 0.199. The van der Waals surface area contributed by atoms with Gasteiger partial charge in [-0.2, -0.15) is 0 Å². The van der Waals surface area contributed by atoms with Crippen molar-refractivity contribution < 1.29 is 4.39 Å². The van der Waals surface area contributed by atoms with Crippen molar-refractivity contribution >= 4 is 0 Å². The normalized spacial score (nSPS) is 16.1. The number of rotatable bonds is 7. The Balaban J connectivity index is 4.09. The van der Waals surface area contributed by atoms with Gasteiger partial charge in [-0.25, -0.2) is 4.39 Å². The van der Waals surface area contributed by atoms with E-state index in [-0.39, 0.29) is 5.54 Å². The third-order valence-electron chi connectivity index (χ3n) is 2.68. The number of hydrogen-bond donors (Lipinski definition) is 1. The van der Waals surface area contributed by atoms with Crippen LogP contribution in [-0.4, -0.2) is 17.8 Å². The Morgan fingerprint density at radius 1 is 1.35 bits per heavy atom. The highest BCUT2D eigenvalue weighted by Gasteiger charge is 2.23. The summed E-state index contributed by atoms with van der Waals surface area (Å²) in [6.45, 7) is 14.7. The van der Waals surface area contributed by atoms with Crippen molar-refractivity contribution in [2.24, 2.45) is 0 Å². The van der Waals surface area contributed by atoms with Crippen LogP contribution in [-0.2, 0) is 0 Å². The maximum absolute atomic E-state index is 14.3. The molecule has 0 aliphatic rings. The molecule has 100 valence electrons. The number of hydrogen-bond acceptors (Lipinski definition) is 1. The average Bonchev–Trinajstić information content (AvgIpc) is 2.20. The lowest BCUT2D eigenvalue weighted by Gasteiger charge is -2.23. The fourth-order valence-electron chi connectivity index (χ4n) is 1.52. The molecule has 1 unspecified atom stereocenters. The minimum atomic E-state index is -1.18. The Hall–Kier alpha value is -0.630. The summed E-state index contributed by atoms with van der Waals surface area (Å²) in [7, 11) is 0. The number of alkyl halides is 1. The monoisotopic (exact) mass is 241 g/mol. The van der Waals surface area contributed by atoms with Crippen LogP contribution < -0.4 is 5.32 Å². The van der Waals surface area contributed by atoms with Gasteiger partial charge in [-0.15, -0.1) is 0 Å². The zero-order valence-electron chi connectivity index (χ0n) is 12.1. The van der Waals surface area contributed by atoms with Crippen molar-refractivity contribution in [1.29, 1.82) is 0 Å². The minimum absolute atomic E-state index is 0.110. The summed E-state index contributed by atoms with van der Waals surface area (Å²) in [5.74, 6) is 0. The summed E-state index contributed by atoms with van der Waals surface area (Å²) in [4.78, 5) is 0. The molecule has 17 heavy (non-hydrogen) atoms. The minimum Gasteiger partial charge on any atom is -0.312 e. The number of allylic oxidation sites excluding steroid dienone is 3. The van der Waals surface area contributed by atoms with Crippen LogP contribution in [0.2, 0.25) is 0 Å². The molecule has 1 N–H and O–H groups in total. The van der Waals surface area contributed by atoms with Gasteiger partial charge in [-0.3, -0.25) is 0 Å². The predicted molar refractivity (Wildman–Crippen MR) is 75.1 cm³/mol. The highest BCUT2D eigenvalue weighted by atomic mass is 19.1. The molecule has 0 spiro atoms. The van der Waals surface area contributed by atoms with Crippen molar-refractivity contribution in [3.05, 3.63) is 24.3 Å². The van der Waals surface area contributed by atoms with Crippen molar-refractivity contribution in [2.45, 2.75) is 65.1 Å². The van der Waals surface area contributed by atoms with E-state index in [1.807, 2.05) is 13.8 Å². The topological polar surface area (TPSA) is 12.0 Å². The maximum atomic E-state index is 14.3. The Morgan fingerprint density at radius 3 is 2.35 bits per heavy atom. The molecule has 0 aromatic carbocycles. The maximum Gasteiger partial charge on any atom is 0.129 e. The average molecular weight is 241 g/mol. The Bertz CT molecular complexity index is 263. The van der Waals surface area contributed by atoms with E-state index in [9.17, 15) is 4.39 Å². The highest BCUT2D eigenvalue weighted by molar-refractivity contribution is 5.15. The molecule has 0 aromatic rings. The van der Waals surface area contributed by atoms with Gasteiger partial charge in [-0.1, -0.05) is 25.2 Å². The van der Waals surface area contributed by atoms with Crippen molar-refractivity contribution in [2.75, 3.05) is 6.54 Å². The molecule has 0 aromatic heterocycles. The van der Waals surface area contributed by atoms with Crippen molar-refractivity contribution in [3.8, 4) is 0 Å². The fraction of sp³-hybridized carbons (Fsp3) is 0.733. The van der Waals surface area contributed by atoms with Gasteiger partial charge in [0.1, 0.15) is 5.67 Å². The molecule has 0 aliphatic carbocycles. The summed E-state index contributed by atoms with van der Waals surface area (Å²) in [5.41, 5.74) is -0.176. The Kier molecular flexibility index (Phi) is 6.69.